The fraction of sp³-hybridized carbons (Fsp3) is 0.429. The number of aromatic nitrogens is 1. The molecule has 1 amide bonds. The number of Topliss-reactive ketones (excluding diaryl/α,β-unsaturated/α-hetero) is 2. The van der Waals surface area contributed by atoms with Crippen LogP contribution in [0.15, 0.2) is 22.7 Å². The molecule has 0 saturated carbocycles. The van der Waals surface area contributed by atoms with Gasteiger partial charge in [0.05, 0.1) is 17.3 Å². The Bertz CT molecular complexity index is 1170. The number of primary amides is 1. The van der Waals surface area contributed by atoms with Crippen LogP contribution < -0.4 is 5.73 Å². The Labute approximate surface area is 187 Å². The van der Waals surface area contributed by atoms with Crippen LogP contribution in [0.5, 0.6) is 5.75 Å². The lowest BCUT2D eigenvalue weighted by molar-refractivity contribution is -0.148. The van der Waals surface area contributed by atoms with Crippen molar-refractivity contribution in [2.75, 3.05) is 14.1 Å². The topological polar surface area (TPSA) is 174 Å². The molecule has 11 heteroatoms. The lowest BCUT2D eigenvalue weighted by atomic mass is 9.58. The average molecular weight is 464 g/mol. The minimum atomic E-state index is -2.66. The molecule has 0 aromatic carbocycles. The number of hydrogen-bond acceptors (Lipinski definition) is 9. The summed E-state index contributed by atoms with van der Waals surface area (Å²) in [5.74, 6) is -7.03. The number of amides is 1. The normalized spacial score (nSPS) is 29.8. The summed E-state index contributed by atoms with van der Waals surface area (Å²) in [6.45, 7) is 1.46. The zero-order valence-electron chi connectivity index (χ0n) is 17.5. The SMILES string of the molecule is Cc1nc(Cl)c2c(c1O)C(=O)C1=C(O)[C@]3(O)C(=O)C(C(N)=O)=C(O)[C@@H](N(C)C)[C@@H]3C[C@@H]1C2. The van der Waals surface area contributed by atoms with E-state index in [4.69, 9.17) is 17.3 Å². The molecule has 0 aliphatic heterocycles. The number of carbonyl (C=O) groups is 3. The predicted molar refractivity (Wildman–Crippen MR) is 111 cm³/mol. The van der Waals surface area contributed by atoms with E-state index in [1.165, 1.54) is 11.8 Å². The van der Waals surface area contributed by atoms with E-state index < -0.39 is 63.8 Å². The second kappa shape index (κ2) is 7.03. The number of nitrogens with two attached hydrogens (primary N) is 1. The van der Waals surface area contributed by atoms with Crippen LogP contribution in [0.1, 0.15) is 28.0 Å². The van der Waals surface area contributed by atoms with E-state index in [1.54, 1.807) is 14.1 Å². The van der Waals surface area contributed by atoms with Gasteiger partial charge in [-0.15, -0.1) is 0 Å². The first kappa shape index (κ1) is 22.3. The van der Waals surface area contributed by atoms with Crippen LogP contribution in [-0.4, -0.2) is 73.5 Å². The molecule has 4 rings (SSSR count). The monoisotopic (exact) mass is 463 g/mol. The summed E-state index contributed by atoms with van der Waals surface area (Å²) in [4.78, 5) is 44.0. The van der Waals surface area contributed by atoms with Crippen molar-refractivity contribution in [3.05, 3.63) is 44.6 Å². The van der Waals surface area contributed by atoms with E-state index in [0.29, 0.717) is 5.56 Å². The molecule has 0 bridgehead atoms. The first-order valence-corrected chi connectivity index (χ1v) is 10.2. The van der Waals surface area contributed by atoms with Crippen molar-refractivity contribution in [1.29, 1.82) is 0 Å². The molecule has 6 N–H and O–H groups in total. The summed E-state index contributed by atoms with van der Waals surface area (Å²) < 4.78 is 0. The third-order valence-corrected chi connectivity index (χ3v) is 7.02. The molecular formula is C21H22ClN3O7. The van der Waals surface area contributed by atoms with Crippen molar-refractivity contribution in [3.8, 4) is 5.75 Å². The Hall–Kier alpha value is -2.95. The van der Waals surface area contributed by atoms with Gasteiger partial charge in [0, 0.05) is 17.1 Å². The van der Waals surface area contributed by atoms with E-state index in [1.807, 2.05) is 0 Å². The number of carbonyl (C=O) groups excluding carboxylic acids is 3. The van der Waals surface area contributed by atoms with Crippen molar-refractivity contribution in [3.63, 3.8) is 0 Å². The number of aliphatic hydroxyl groups is 3. The highest BCUT2D eigenvalue weighted by molar-refractivity contribution is 6.31. The number of aromatic hydroxyl groups is 1. The summed E-state index contributed by atoms with van der Waals surface area (Å²) in [7, 11) is 3.13. The molecule has 0 saturated heterocycles. The fourth-order valence-corrected chi connectivity index (χ4v) is 5.57. The van der Waals surface area contributed by atoms with E-state index in [2.05, 4.69) is 4.98 Å². The van der Waals surface area contributed by atoms with Crippen LogP contribution in [-0.2, 0) is 16.0 Å². The molecule has 0 spiro atoms. The number of likely N-dealkylation sites (N-methyl/N-ethyl adjacent to an activating group) is 1. The molecule has 170 valence electrons. The van der Waals surface area contributed by atoms with Crippen LogP contribution in [0, 0.1) is 18.8 Å². The van der Waals surface area contributed by atoms with Gasteiger partial charge in [-0.2, -0.15) is 0 Å². The van der Waals surface area contributed by atoms with Crippen molar-refractivity contribution in [1.82, 2.24) is 9.88 Å². The maximum absolute atomic E-state index is 13.4. The summed E-state index contributed by atoms with van der Waals surface area (Å²) >= 11 is 6.23. The van der Waals surface area contributed by atoms with E-state index in [9.17, 15) is 34.8 Å². The molecule has 1 heterocycles. The van der Waals surface area contributed by atoms with Crippen molar-refractivity contribution in [2.24, 2.45) is 17.6 Å². The highest BCUT2D eigenvalue weighted by Gasteiger charge is 2.63. The second-order valence-electron chi connectivity index (χ2n) is 8.65. The number of halogens is 1. The van der Waals surface area contributed by atoms with Crippen LogP contribution in [0.2, 0.25) is 5.15 Å². The van der Waals surface area contributed by atoms with E-state index in [0.717, 1.165) is 0 Å². The minimum Gasteiger partial charge on any atom is -0.510 e. The van der Waals surface area contributed by atoms with Crippen LogP contribution >= 0.6 is 11.6 Å². The summed E-state index contributed by atoms with van der Waals surface area (Å²) in [5.41, 5.74) is 1.81. The molecule has 1 aromatic heterocycles. The Morgan fingerprint density at radius 1 is 1.25 bits per heavy atom. The molecule has 32 heavy (non-hydrogen) atoms. The molecule has 0 unspecified atom stereocenters. The summed E-state index contributed by atoms with van der Waals surface area (Å²) in [6, 6.07) is -1.04. The largest absolute Gasteiger partial charge is 0.510 e. The molecule has 1 aromatic rings. The molecule has 0 radical (unpaired) electrons. The minimum absolute atomic E-state index is 0.00324. The van der Waals surface area contributed by atoms with E-state index in [-0.39, 0.29) is 34.8 Å². The third-order valence-electron chi connectivity index (χ3n) is 6.71. The number of fused-ring (bicyclic) bond motifs is 3. The number of aliphatic hydroxyl groups excluding tert-OH is 2. The van der Waals surface area contributed by atoms with Crippen molar-refractivity contribution in [2.45, 2.75) is 31.4 Å². The maximum atomic E-state index is 13.4. The highest BCUT2D eigenvalue weighted by Crippen LogP contribution is 2.52. The van der Waals surface area contributed by atoms with Gasteiger partial charge in [0.2, 0.25) is 5.78 Å². The molecule has 10 nitrogen and oxygen atoms in total. The van der Waals surface area contributed by atoms with Gasteiger partial charge in [0.15, 0.2) is 11.4 Å². The summed E-state index contributed by atoms with van der Waals surface area (Å²) in [6.07, 6.45) is 0.102. The fourth-order valence-electron chi connectivity index (χ4n) is 5.28. The third kappa shape index (κ3) is 2.66. The number of hydrogen-bond donors (Lipinski definition) is 5. The smallest absolute Gasteiger partial charge is 0.255 e. The molecule has 4 atom stereocenters. The molecular weight excluding hydrogens is 442 g/mol. The zero-order valence-corrected chi connectivity index (χ0v) is 18.3. The van der Waals surface area contributed by atoms with Crippen molar-refractivity contribution < 1.29 is 34.8 Å². The Kier molecular flexibility index (Phi) is 4.89. The number of aryl methyl sites for hydroxylation is 1. The number of nitrogens with zero attached hydrogens (tertiary/aromatic N) is 2. The van der Waals surface area contributed by atoms with Gasteiger partial charge in [-0.1, -0.05) is 11.6 Å². The average Bonchev–Trinajstić information content (AvgIpc) is 2.68. The van der Waals surface area contributed by atoms with Gasteiger partial charge < -0.3 is 26.2 Å². The number of pyridine rings is 1. The Balaban J connectivity index is 1.99. The summed E-state index contributed by atoms with van der Waals surface area (Å²) in [5, 5.41) is 43.7. The quantitative estimate of drug-likeness (QED) is 0.308. The van der Waals surface area contributed by atoms with Crippen LogP contribution in [0.3, 0.4) is 0 Å². The molecule has 0 fully saturated rings. The van der Waals surface area contributed by atoms with Gasteiger partial charge in [-0.3, -0.25) is 19.3 Å². The van der Waals surface area contributed by atoms with Crippen molar-refractivity contribution >= 4 is 29.1 Å². The van der Waals surface area contributed by atoms with Gasteiger partial charge in [0.1, 0.15) is 28.0 Å². The first-order chi connectivity index (χ1) is 14.8. The Morgan fingerprint density at radius 2 is 1.88 bits per heavy atom. The standard InChI is InChI=1S/C21H22ClN3O7/c1-6-14(26)11-8(19(22)24-6)4-7-5-9-13(25(2)3)16(28)12(20(23)31)18(30)21(9,32)17(29)10(7)15(11)27/h7,9,13,26,28-29,32H,4-5H2,1-3H3,(H2,23,31)/t7-,9-,13-,21-/m0/s1. The molecule has 3 aliphatic rings. The Morgan fingerprint density at radius 3 is 2.44 bits per heavy atom. The number of rotatable bonds is 2. The second-order valence-corrected chi connectivity index (χ2v) is 9.01. The van der Waals surface area contributed by atoms with Gasteiger partial charge >= 0.3 is 0 Å². The van der Waals surface area contributed by atoms with E-state index >= 15 is 0 Å². The van der Waals surface area contributed by atoms with Gasteiger partial charge in [0.25, 0.3) is 5.91 Å². The van der Waals surface area contributed by atoms with Gasteiger partial charge in [-0.25, -0.2) is 4.98 Å². The number of ketones is 2. The lowest BCUT2D eigenvalue weighted by Gasteiger charge is -2.50. The number of allylic oxidation sites excluding steroid dienone is 1. The first-order valence-electron chi connectivity index (χ1n) is 9.86. The van der Waals surface area contributed by atoms with Crippen LogP contribution in [0.4, 0.5) is 0 Å². The highest BCUT2D eigenvalue weighted by atomic mass is 35.5. The zero-order chi connectivity index (χ0) is 23.9. The van der Waals surface area contributed by atoms with Gasteiger partial charge in [-0.05, 0) is 39.8 Å². The molecule has 3 aliphatic carbocycles. The lowest BCUT2D eigenvalue weighted by Crippen LogP contribution is -2.63. The maximum Gasteiger partial charge on any atom is 0.255 e. The van der Waals surface area contributed by atoms with Crippen LogP contribution in [0.25, 0.3) is 0 Å². The predicted octanol–water partition coefficient (Wildman–Crippen LogP) is 0.477.